The molecule has 0 aliphatic heterocycles. The van der Waals surface area contributed by atoms with Gasteiger partial charge in [0.15, 0.2) is 5.69 Å². The lowest BCUT2D eigenvalue weighted by Crippen LogP contribution is -2.32. The summed E-state index contributed by atoms with van der Waals surface area (Å²) in [6, 6.07) is 6.69. The summed E-state index contributed by atoms with van der Waals surface area (Å²) >= 11 is 0. The molecule has 2 aromatic rings. The number of alkyl halides is 3. The van der Waals surface area contributed by atoms with Gasteiger partial charge in [0.05, 0.1) is 17.7 Å². The smallest absolute Gasteiger partial charge is 0.339 e. The van der Waals surface area contributed by atoms with Crippen LogP contribution in [-0.4, -0.2) is 23.9 Å². The number of rotatable bonds is 6. The van der Waals surface area contributed by atoms with Gasteiger partial charge in [-0.15, -0.1) is 0 Å². The Morgan fingerprint density at radius 2 is 1.71 bits per heavy atom. The fourth-order valence-electron chi connectivity index (χ4n) is 3.00. The molecule has 0 heterocycles. The second-order valence-corrected chi connectivity index (χ2v) is 6.32. The predicted molar refractivity (Wildman–Crippen MR) is 99.6 cm³/mol. The van der Waals surface area contributed by atoms with E-state index in [9.17, 15) is 22.4 Å². The predicted octanol–water partition coefficient (Wildman–Crippen LogP) is 6.32. The molecule has 0 radical (unpaired) electrons. The normalized spacial score (nSPS) is 11.2. The molecule has 0 unspecified atom stereocenters. The first kappa shape index (κ1) is 21.4. The highest BCUT2D eigenvalue weighted by Gasteiger charge is 2.34. The summed E-state index contributed by atoms with van der Waals surface area (Å²) < 4.78 is 53.8. The molecule has 0 aromatic heterocycles. The average molecular weight is 392 g/mol. The summed E-state index contributed by atoms with van der Waals surface area (Å²) in [5, 5.41) is 0. The minimum absolute atomic E-state index is 0.00517. The van der Waals surface area contributed by atoms with E-state index in [-0.39, 0.29) is 16.7 Å². The fourth-order valence-corrected chi connectivity index (χ4v) is 3.00. The van der Waals surface area contributed by atoms with E-state index in [4.69, 9.17) is 6.57 Å². The van der Waals surface area contributed by atoms with Gasteiger partial charge in [0.25, 0.3) is 5.91 Å². The van der Waals surface area contributed by atoms with Crippen molar-refractivity contribution < 1.29 is 22.4 Å². The Morgan fingerprint density at radius 3 is 2.25 bits per heavy atom. The minimum atomic E-state index is -4.71. The van der Waals surface area contributed by atoms with E-state index in [0.717, 1.165) is 24.3 Å². The zero-order valence-corrected chi connectivity index (χ0v) is 15.6. The first-order chi connectivity index (χ1) is 13.2. The van der Waals surface area contributed by atoms with Crippen LogP contribution in [0.1, 0.15) is 42.6 Å². The number of benzene rings is 2. The highest BCUT2D eigenvalue weighted by Crippen LogP contribution is 2.39. The molecule has 3 nitrogen and oxygen atoms in total. The van der Waals surface area contributed by atoms with Crippen molar-refractivity contribution in [1.29, 1.82) is 0 Å². The zero-order valence-electron chi connectivity index (χ0n) is 15.6. The van der Waals surface area contributed by atoms with E-state index >= 15 is 0 Å². The molecule has 0 N–H and O–H groups in total. The van der Waals surface area contributed by atoms with Crippen LogP contribution in [0.25, 0.3) is 16.0 Å². The van der Waals surface area contributed by atoms with Gasteiger partial charge in [-0.1, -0.05) is 38.1 Å². The Bertz CT molecular complexity index is 894. The van der Waals surface area contributed by atoms with E-state index in [1.165, 1.54) is 12.1 Å². The van der Waals surface area contributed by atoms with Crippen LogP contribution in [0.2, 0.25) is 0 Å². The molecule has 0 atom stereocenters. The first-order valence-electron chi connectivity index (χ1n) is 8.90. The van der Waals surface area contributed by atoms with Crippen LogP contribution >= 0.6 is 0 Å². The van der Waals surface area contributed by atoms with Crippen molar-refractivity contribution in [2.75, 3.05) is 13.1 Å². The maximum absolute atomic E-state index is 13.9. The van der Waals surface area contributed by atoms with E-state index in [2.05, 4.69) is 4.85 Å². The van der Waals surface area contributed by atoms with Crippen LogP contribution in [0.3, 0.4) is 0 Å². The molecule has 1 amide bonds. The van der Waals surface area contributed by atoms with Gasteiger partial charge in [-0.25, -0.2) is 9.24 Å². The van der Waals surface area contributed by atoms with Crippen molar-refractivity contribution in [3.05, 3.63) is 64.8 Å². The molecule has 2 rings (SSSR count). The first-order valence-corrected chi connectivity index (χ1v) is 8.90. The topological polar surface area (TPSA) is 24.7 Å². The van der Waals surface area contributed by atoms with Crippen LogP contribution in [-0.2, 0) is 6.18 Å². The number of hydrogen-bond acceptors (Lipinski definition) is 1. The molecule has 28 heavy (non-hydrogen) atoms. The Kier molecular flexibility index (Phi) is 6.79. The summed E-state index contributed by atoms with van der Waals surface area (Å²) in [5.41, 5.74) is -1.29. The molecule has 7 heteroatoms. The van der Waals surface area contributed by atoms with Crippen molar-refractivity contribution in [2.45, 2.75) is 32.9 Å². The molecular formula is C21H20F4N2O. The molecule has 0 fully saturated rings. The van der Waals surface area contributed by atoms with Crippen molar-refractivity contribution >= 4 is 11.6 Å². The molecule has 0 aliphatic rings. The quantitative estimate of drug-likeness (QED) is 0.417. The lowest BCUT2D eigenvalue weighted by atomic mass is 9.96. The van der Waals surface area contributed by atoms with Gasteiger partial charge in [0.1, 0.15) is 5.82 Å². The third-order valence-corrected chi connectivity index (χ3v) is 4.22. The summed E-state index contributed by atoms with van der Waals surface area (Å²) in [6.07, 6.45) is -3.31. The third-order valence-electron chi connectivity index (χ3n) is 4.22. The molecule has 148 valence electrons. The van der Waals surface area contributed by atoms with Crippen molar-refractivity contribution in [3.8, 4) is 11.1 Å². The third kappa shape index (κ3) is 4.69. The number of halogens is 4. The molecular weight excluding hydrogens is 372 g/mol. The Balaban J connectivity index is 2.62. The molecule has 0 spiro atoms. The number of nitrogens with zero attached hydrogens (tertiary/aromatic N) is 2. The molecule has 0 aliphatic carbocycles. The SMILES string of the molecule is [C-]#[N+]c1ccc(-c2ccc(F)cc2C(=O)N(CCC)CCC)cc1C(F)(F)F. The molecule has 0 saturated heterocycles. The second-order valence-electron chi connectivity index (χ2n) is 6.32. The highest BCUT2D eigenvalue weighted by atomic mass is 19.4. The van der Waals surface area contributed by atoms with Gasteiger partial charge in [-0.3, -0.25) is 4.79 Å². The standard InChI is InChI=1S/C21H20F4N2O/c1-4-10-27(11-5-2)20(28)17-13-15(22)7-8-16(17)14-6-9-19(26-3)18(12-14)21(23,24)25/h6-9,12-13H,4-5,10-11H2,1-2H3. The minimum Gasteiger partial charge on any atom is -0.339 e. The van der Waals surface area contributed by atoms with E-state index in [1.54, 1.807) is 4.90 Å². The van der Waals surface area contributed by atoms with E-state index < -0.39 is 29.2 Å². The fraction of sp³-hybridized carbons (Fsp3) is 0.333. The van der Waals surface area contributed by atoms with Crippen molar-refractivity contribution in [3.63, 3.8) is 0 Å². The van der Waals surface area contributed by atoms with Crippen molar-refractivity contribution in [2.24, 2.45) is 0 Å². The molecule has 2 aromatic carbocycles. The average Bonchev–Trinajstić information content (AvgIpc) is 2.66. The number of carbonyl (C=O) groups is 1. The molecule has 0 saturated carbocycles. The van der Waals surface area contributed by atoms with Gasteiger partial charge in [-0.2, -0.15) is 13.2 Å². The van der Waals surface area contributed by atoms with Gasteiger partial charge < -0.3 is 4.90 Å². The second kappa shape index (κ2) is 8.87. The van der Waals surface area contributed by atoms with Gasteiger partial charge in [-0.05, 0) is 36.1 Å². The van der Waals surface area contributed by atoms with Crippen LogP contribution in [0, 0.1) is 12.4 Å². The van der Waals surface area contributed by atoms with E-state index in [0.29, 0.717) is 25.9 Å². The monoisotopic (exact) mass is 392 g/mol. The maximum Gasteiger partial charge on any atom is 0.407 e. The lowest BCUT2D eigenvalue weighted by molar-refractivity contribution is -0.136. The molecule has 0 bridgehead atoms. The van der Waals surface area contributed by atoms with Gasteiger partial charge in [0, 0.05) is 13.1 Å². The van der Waals surface area contributed by atoms with E-state index in [1.807, 2.05) is 13.8 Å². The number of amides is 1. The van der Waals surface area contributed by atoms with Crippen LogP contribution in [0.15, 0.2) is 36.4 Å². The number of carbonyl (C=O) groups excluding carboxylic acids is 1. The Morgan fingerprint density at radius 1 is 1.07 bits per heavy atom. The zero-order chi connectivity index (χ0) is 20.9. The van der Waals surface area contributed by atoms with Crippen LogP contribution < -0.4 is 0 Å². The largest absolute Gasteiger partial charge is 0.407 e. The summed E-state index contributed by atoms with van der Waals surface area (Å²) in [4.78, 5) is 17.4. The van der Waals surface area contributed by atoms with Crippen molar-refractivity contribution in [1.82, 2.24) is 4.90 Å². The van der Waals surface area contributed by atoms with Crippen LogP contribution in [0.4, 0.5) is 23.2 Å². The Labute approximate surface area is 161 Å². The maximum atomic E-state index is 13.9. The summed E-state index contributed by atoms with van der Waals surface area (Å²) in [6.45, 7) is 11.7. The van der Waals surface area contributed by atoms with Gasteiger partial charge in [0.2, 0.25) is 0 Å². The number of hydrogen-bond donors (Lipinski definition) is 0. The highest BCUT2D eigenvalue weighted by molar-refractivity contribution is 6.01. The van der Waals surface area contributed by atoms with Gasteiger partial charge >= 0.3 is 6.18 Å². The Hall–Kier alpha value is -2.88. The summed E-state index contributed by atoms with van der Waals surface area (Å²) in [7, 11) is 0. The lowest BCUT2D eigenvalue weighted by Gasteiger charge is -2.23. The summed E-state index contributed by atoms with van der Waals surface area (Å²) in [5.74, 6) is -1.07. The van der Waals surface area contributed by atoms with Crippen LogP contribution in [0.5, 0.6) is 0 Å².